The van der Waals surface area contributed by atoms with Gasteiger partial charge in [0.2, 0.25) is 0 Å². The Kier molecular flexibility index (Phi) is 4.93. The molecule has 0 spiro atoms. The molecule has 1 aromatic heterocycles. The second kappa shape index (κ2) is 6.52. The number of ether oxygens (including phenoxy) is 1. The fraction of sp³-hybridized carbons (Fsp3) is 0.600. The van der Waals surface area contributed by atoms with Gasteiger partial charge in [0.1, 0.15) is 16.6 Å². The van der Waals surface area contributed by atoms with E-state index in [0.29, 0.717) is 18.2 Å². The maximum Gasteiger partial charge on any atom is 0.410 e. The van der Waals surface area contributed by atoms with Crippen molar-refractivity contribution < 1.29 is 9.53 Å². The monoisotopic (exact) mass is 311 g/mol. The lowest BCUT2D eigenvalue weighted by Crippen LogP contribution is -2.39. The van der Waals surface area contributed by atoms with Crippen molar-refractivity contribution in [2.75, 3.05) is 31.1 Å². The minimum Gasteiger partial charge on any atom is -0.444 e. The molecule has 1 saturated heterocycles. The van der Waals surface area contributed by atoms with Crippen molar-refractivity contribution in [2.45, 2.75) is 32.8 Å². The van der Waals surface area contributed by atoms with Gasteiger partial charge in [0.25, 0.3) is 0 Å². The quantitative estimate of drug-likeness (QED) is 0.747. The van der Waals surface area contributed by atoms with Gasteiger partial charge in [0.05, 0.1) is 0 Å². The summed E-state index contributed by atoms with van der Waals surface area (Å²) >= 11 is 5.93. The standard InChI is InChI=1S/C15H22ClN3O2/c1-15(2,3)21-14(20)19-9-5-8-18(10-11-19)13-7-4-6-12(16)17-13/h4,6-7H,5,8-11H2,1-3H3. The zero-order valence-corrected chi connectivity index (χ0v) is 13.6. The Morgan fingerprint density at radius 3 is 2.67 bits per heavy atom. The lowest BCUT2D eigenvalue weighted by atomic mass is 10.2. The van der Waals surface area contributed by atoms with Crippen molar-refractivity contribution >= 4 is 23.5 Å². The summed E-state index contributed by atoms with van der Waals surface area (Å²) < 4.78 is 5.42. The molecule has 0 unspecified atom stereocenters. The van der Waals surface area contributed by atoms with Crippen LogP contribution in [0.1, 0.15) is 27.2 Å². The Labute approximate surface area is 130 Å². The lowest BCUT2D eigenvalue weighted by Gasteiger charge is -2.26. The fourth-order valence-electron chi connectivity index (χ4n) is 2.23. The lowest BCUT2D eigenvalue weighted by molar-refractivity contribution is 0.0263. The molecule has 0 bridgehead atoms. The molecular formula is C15H22ClN3O2. The summed E-state index contributed by atoms with van der Waals surface area (Å²) in [6.45, 7) is 8.55. The molecule has 0 saturated carbocycles. The van der Waals surface area contributed by atoms with Crippen molar-refractivity contribution in [3.63, 3.8) is 0 Å². The van der Waals surface area contributed by atoms with Crippen LogP contribution in [0.2, 0.25) is 5.15 Å². The average Bonchev–Trinajstić information content (AvgIpc) is 2.62. The number of nitrogens with zero attached hydrogens (tertiary/aromatic N) is 3. The molecule has 2 rings (SSSR count). The van der Waals surface area contributed by atoms with Crippen molar-refractivity contribution in [2.24, 2.45) is 0 Å². The SMILES string of the molecule is CC(C)(C)OC(=O)N1CCCN(c2cccc(Cl)n2)CC1. The van der Waals surface area contributed by atoms with Crippen LogP contribution < -0.4 is 4.90 Å². The molecule has 1 aromatic rings. The molecule has 1 aliphatic rings. The molecule has 2 heterocycles. The number of halogens is 1. The molecular weight excluding hydrogens is 290 g/mol. The Balaban J connectivity index is 1.97. The first kappa shape index (κ1) is 15.9. The van der Waals surface area contributed by atoms with Gasteiger partial charge in [-0.2, -0.15) is 0 Å². The highest BCUT2D eigenvalue weighted by molar-refractivity contribution is 6.29. The van der Waals surface area contributed by atoms with Crippen LogP contribution in [0.4, 0.5) is 10.6 Å². The van der Waals surface area contributed by atoms with Crippen LogP contribution >= 0.6 is 11.6 Å². The van der Waals surface area contributed by atoms with Crippen LogP contribution in [0.3, 0.4) is 0 Å². The van der Waals surface area contributed by atoms with E-state index in [2.05, 4.69) is 9.88 Å². The molecule has 21 heavy (non-hydrogen) atoms. The summed E-state index contributed by atoms with van der Waals surface area (Å²) in [7, 11) is 0. The van der Waals surface area contributed by atoms with Gasteiger partial charge in [-0.05, 0) is 39.3 Å². The first-order valence-corrected chi connectivity index (χ1v) is 7.58. The van der Waals surface area contributed by atoms with Gasteiger partial charge in [-0.25, -0.2) is 9.78 Å². The summed E-state index contributed by atoms with van der Waals surface area (Å²) in [5, 5.41) is 0.487. The number of carbonyl (C=O) groups excluding carboxylic acids is 1. The van der Waals surface area contributed by atoms with Crippen LogP contribution in [0.5, 0.6) is 0 Å². The molecule has 0 aliphatic carbocycles. The number of pyridine rings is 1. The summed E-state index contributed by atoms with van der Waals surface area (Å²) in [5.74, 6) is 0.855. The first-order chi connectivity index (χ1) is 9.85. The number of anilines is 1. The Bertz CT molecular complexity index is 502. The normalized spacial score (nSPS) is 16.6. The number of carbonyl (C=O) groups is 1. The third-order valence-electron chi connectivity index (χ3n) is 3.17. The summed E-state index contributed by atoms with van der Waals surface area (Å²) in [6, 6.07) is 5.59. The molecule has 116 valence electrons. The molecule has 0 aromatic carbocycles. The van der Waals surface area contributed by atoms with Crippen molar-refractivity contribution in [1.29, 1.82) is 0 Å². The summed E-state index contributed by atoms with van der Waals surface area (Å²) in [6.07, 6.45) is 0.636. The highest BCUT2D eigenvalue weighted by Crippen LogP contribution is 2.17. The molecule has 0 atom stereocenters. The van der Waals surface area contributed by atoms with Crippen LogP contribution in [0.15, 0.2) is 18.2 Å². The molecule has 0 radical (unpaired) electrons. The van der Waals surface area contributed by atoms with E-state index < -0.39 is 5.60 Å². The highest BCUT2D eigenvalue weighted by Gasteiger charge is 2.24. The van der Waals surface area contributed by atoms with Gasteiger partial charge >= 0.3 is 6.09 Å². The Morgan fingerprint density at radius 1 is 1.24 bits per heavy atom. The van der Waals surface area contributed by atoms with Crippen LogP contribution in [0.25, 0.3) is 0 Å². The molecule has 1 fully saturated rings. The number of hydrogen-bond donors (Lipinski definition) is 0. The molecule has 0 N–H and O–H groups in total. The van der Waals surface area contributed by atoms with E-state index in [1.807, 2.05) is 32.9 Å². The van der Waals surface area contributed by atoms with E-state index in [1.165, 1.54) is 0 Å². The third-order valence-corrected chi connectivity index (χ3v) is 3.38. The van der Waals surface area contributed by atoms with Gasteiger partial charge in [0.15, 0.2) is 0 Å². The van der Waals surface area contributed by atoms with E-state index in [4.69, 9.17) is 16.3 Å². The van der Waals surface area contributed by atoms with E-state index in [-0.39, 0.29) is 6.09 Å². The zero-order valence-electron chi connectivity index (χ0n) is 12.8. The molecule has 1 aliphatic heterocycles. The van der Waals surface area contributed by atoms with Gasteiger partial charge in [-0.3, -0.25) is 0 Å². The minimum absolute atomic E-state index is 0.247. The second-order valence-electron chi connectivity index (χ2n) is 6.13. The third kappa shape index (κ3) is 4.77. The largest absolute Gasteiger partial charge is 0.444 e. The second-order valence-corrected chi connectivity index (χ2v) is 6.51. The summed E-state index contributed by atoms with van der Waals surface area (Å²) in [4.78, 5) is 20.3. The van der Waals surface area contributed by atoms with E-state index in [9.17, 15) is 4.79 Å². The predicted octanol–water partition coefficient (Wildman–Crippen LogP) is 3.18. The van der Waals surface area contributed by atoms with Gasteiger partial charge in [-0.1, -0.05) is 17.7 Å². The predicted molar refractivity (Wildman–Crippen MR) is 83.9 cm³/mol. The van der Waals surface area contributed by atoms with E-state index in [1.54, 1.807) is 11.0 Å². The zero-order chi connectivity index (χ0) is 15.5. The topological polar surface area (TPSA) is 45.7 Å². The van der Waals surface area contributed by atoms with Crippen LogP contribution in [-0.2, 0) is 4.74 Å². The maximum absolute atomic E-state index is 12.1. The van der Waals surface area contributed by atoms with Crippen LogP contribution in [0, 0.1) is 0 Å². The van der Waals surface area contributed by atoms with Crippen molar-refractivity contribution in [3.8, 4) is 0 Å². The van der Waals surface area contributed by atoms with Crippen molar-refractivity contribution in [1.82, 2.24) is 9.88 Å². The van der Waals surface area contributed by atoms with Gasteiger partial charge in [-0.15, -0.1) is 0 Å². The Morgan fingerprint density at radius 2 is 2.00 bits per heavy atom. The smallest absolute Gasteiger partial charge is 0.410 e. The number of aromatic nitrogens is 1. The number of amides is 1. The summed E-state index contributed by atoms with van der Waals surface area (Å²) in [5.41, 5.74) is -0.461. The molecule has 1 amide bonds. The van der Waals surface area contributed by atoms with E-state index in [0.717, 1.165) is 25.3 Å². The van der Waals surface area contributed by atoms with Crippen LogP contribution in [-0.4, -0.2) is 47.8 Å². The Hall–Kier alpha value is -1.49. The van der Waals surface area contributed by atoms with E-state index >= 15 is 0 Å². The molecule has 6 heteroatoms. The highest BCUT2D eigenvalue weighted by atomic mass is 35.5. The van der Waals surface area contributed by atoms with Gasteiger partial charge in [0, 0.05) is 26.2 Å². The number of hydrogen-bond acceptors (Lipinski definition) is 4. The molecule has 5 nitrogen and oxygen atoms in total. The fourth-order valence-corrected chi connectivity index (χ4v) is 2.39. The maximum atomic E-state index is 12.1. The number of rotatable bonds is 1. The van der Waals surface area contributed by atoms with Crippen molar-refractivity contribution in [3.05, 3.63) is 23.4 Å². The average molecular weight is 312 g/mol. The minimum atomic E-state index is -0.461. The van der Waals surface area contributed by atoms with Gasteiger partial charge < -0.3 is 14.5 Å². The first-order valence-electron chi connectivity index (χ1n) is 7.20.